The van der Waals surface area contributed by atoms with E-state index in [-0.39, 0.29) is 23.6 Å². The molecule has 0 aliphatic heterocycles. The summed E-state index contributed by atoms with van der Waals surface area (Å²) in [5, 5.41) is 0.583. The van der Waals surface area contributed by atoms with Crippen molar-refractivity contribution in [2.24, 2.45) is 14.1 Å². The predicted molar refractivity (Wildman–Crippen MR) is 132 cm³/mol. The van der Waals surface area contributed by atoms with Crippen LogP contribution in [0.25, 0.3) is 21.4 Å². The number of aryl methyl sites for hydroxylation is 2. The van der Waals surface area contributed by atoms with E-state index in [1.54, 1.807) is 11.9 Å². The third kappa shape index (κ3) is 3.71. The van der Waals surface area contributed by atoms with Crippen molar-refractivity contribution in [2.45, 2.75) is 20.0 Å². The zero-order chi connectivity index (χ0) is 24.0. The largest absolute Gasteiger partial charge is 0.332 e. The minimum Gasteiger partial charge on any atom is -0.315 e. The van der Waals surface area contributed by atoms with Gasteiger partial charge in [0.15, 0.2) is 16.3 Å². The third-order valence-corrected chi connectivity index (χ3v) is 6.81. The van der Waals surface area contributed by atoms with Crippen molar-refractivity contribution in [3.05, 3.63) is 86.8 Å². The molecule has 0 radical (unpaired) electrons. The number of hydrogen-bond acceptors (Lipinski definition) is 6. The van der Waals surface area contributed by atoms with Gasteiger partial charge in [-0.1, -0.05) is 47.7 Å². The Bertz CT molecular complexity index is 1660. The molecule has 9 nitrogen and oxygen atoms in total. The molecule has 0 aliphatic rings. The van der Waals surface area contributed by atoms with Crippen molar-refractivity contribution in [2.75, 3.05) is 4.90 Å². The monoisotopic (exact) mass is 474 g/mol. The zero-order valence-corrected chi connectivity index (χ0v) is 19.7. The predicted octanol–water partition coefficient (Wildman–Crippen LogP) is 2.59. The molecule has 172 valence electrons. The van der Waals surface area contributed by atoms with Crippen molar-refractivity contribution in [1.29, 1.82) is 0 Å². The molecular formula is C24H22N6O3S. The molecule has 0 saturated heterocycles. The summed E-state index contributed by atoms with van der Waals surface area (Å²) < 4.78 is 4.81. The lowest BCUT2D eigenvalue weighted by atomic mass is 10.2. The van der Waals surface area contributed by atoms with E-state index in [1.165, 1.54) is 33.8 Å². The zero-order valence-electron chi connectivity index (χ0n) is 18.9. The van der Waals surface area contributed by atoms with E-state index >= 15 is 0 Å². The topological polar surface area (TPSA) is 95.0 Å². The number of fused-ring (bicyclic) bond motifs is 2. The first kappa shape index (κ1) is 21.8. The molecule has 5 rings (SSSR count). The number of carbonyl (C=O) groups excluding carboxylic acids is 1. The lowest BCUT2D eigenvalue weighted by Gasteiger charge is -2.20. The standard InChI is InChI=1S/C24H22N6O3S/c1-15-9-10-17-18(11-15)34-23(26-17)30(12-16-7-5-4-6-8-16)19(31)13-29-14-25-21-20(29)22(32)28(3)24(33)27(21)2/h4-11,14H,12-13H2,1-3H3. The number of thiazole rings is 1. The highest BCUT2D eigenvalue weighted by Crippen LogP contribution is 2.31. The Morgan fingerprint density at radius 1 is 1.06 bits per heavy atom. The van der Waals surface area contributed by atoms with E-state index in [0.29, 0.717) is 11.7 Å². The fourth-order valence-corrected chi connectivity index (χ4v) is 4.99. The maximum atomic E-state index is 13.6. The van der Waals surface area contributed by atoms with E-state index in [2.05, 4.69) is 11.1 Å². The first-order chi connectivity index (χ1) is 16.3. The van der Waals surface area contributed by atoms with Gasteiger partial charge in [0, 0.05) is 14.1 Å². The van der Waals surface area contributed by atoms with Crippen molar-refractivity contribution in [3.8, 4) is 0 Å². The van der Waals surface area contributed by atoms with Crippen LogP contribution in [0.2, 0.25) is 0 Å². The number of hydrogen-bond donors (Lipinski definition) is 0. The fourth-order valence-electron chi connectivity index (χ4n) is 3.91. The van der Waals surface area contributed by atoms with Crippen LogP contribution >= 0.6 is 11.3 Å². The number of benzene rings is 2. The normalized spacial score (nSPS) is 11.4. The van der Waals surface area contributed by atoms with Crippen LogP contribution in [0, 0.1) is 6.92 Å². The Hall–Kier alpha value is -4.05. The lowest BCUT2D eigenvalue weighted by Crippen LogP contribution is -2.38. The molecule has 0 fully saturated rings. The highest BCUT2D eigenvalue weighted by molar-refractivity contribution is 7.22. The van der Waals surface area contributed by atoms with Crippen LogP contribution in [-0.4, -0.2) is 29.6 Å². The highest BCUT2D eigenvalue weighted by atomic mass is 32.1. The van der Waals surface area contributed by atoms with Gasteiger partial charge in [-0.2, -0.15) is 0 Å². The second-order valence-corrected chi connectivity index (χ2v) is 9.19. The average Bonchev–Trinajstić information content (AvgIpc) is 3.44. The molecule has 34 heavy (non-hydrogen) atoms. The Morgan fingerprint density at radius 2 is 1.82 bits per heavy atom. The fraction of sp³-hybridized carbons (Fsp3) is 0.208. The van der Waals surface area contributed by atoms with E-state index < -0.39 is 11.2 Å². The minimum atomic E-state index is -0.492. The maximum Gasteiger partial charge on any atom is 0.332 e. The number of amides is 1. The smallest absolute Gasteiger partial charge is 0.315 e. The number of anilines is 1. The van der Waals surface area contributed by atoms with Gasteiger partial charge in [0.05, 0.1) is 23.1 Å². The maximum absolute atomic E-state index is 13.6. The molecule has 0 spiro atoms. The van der Waals surface area contributed by atoms with Crippen LogP contribution in [0.3, 0.4) is 0 Å². The summed E-state index contributed by atoms with van der Waals surface area (Å²) >= 11 is 1.45. The van der Waals surface area contributed by atoms with Gasteiger partial charge in [-0.3, -0.25) is 23.6 Å². The van der Waals surface area contributed by atoms with Gasteiger partial charge in [-0.05, 0) is 30.2 Å². The Balaban J connectivity index is 1.57. The summed E-state index contributed by atoms with van der Waals surface area (Å²) in [6.07, 6.45) is 1.42. The molecule has 3 aromatic heterocycles. The molecular weight excluding hydrogens is 452 g/mol. The van der Waals surface area contributed by atoms with Gasteiger partial charge < -0.3 is 4.57 Å². The summed E-state index contributed by atoms with van der Waals surface area (Å²) in [6.45, 7) is 2.23. The molecule has 0 saturated carbocycles. The van der Waals surface area contributed by atoms with Gasteiger partial charge in [-0.15, -0.1) is 0 Å². The summed E-state index contributed by atoms with van der Waals surface area (Å²) in [4.78, 5) is 49.2. The van der Waals surface area contributed by atoms with Gasteiger partial charge in [-0.25, -0.2) is 14.8 Å². The number of rotatable bonds is 5. The van der Waals surface area contributed by atoms with Gasteiger partial charge in [0.25, 0.3) is 5.56 Å². The van der Waals surface area contributed by atoms with E-state index in [9.17, 15) is 14.4 Å². The second-order valence-electron chi connectivity index (χ2n) is 8.18. The Morgan fingerprint density at radius 3 is 2.59 bits per heavy atom. The molecule has 1 amide bonds. The molecule has 3 heterocycles. The summed E-state index contributed by atoms with van der Waals surface area (Å²) in [6, 6.07) is 15.7. The Labute approximate surface area is 198 Å². The summed E-state index contributed by atoms with van der Waals surface area (Å²) in [7, 11) is 2.96. The average molecular weight is 475 g/mol. The molecule has 0 atom stereocenters. The van der Waals surface area contributed by atoms with E-state index in [0.717, 1.165) is 25.9 Å². The molecule has 2 aromatic carbocycles. The lowest BCUT2D eigenvalue weighted by molar-refractivity contribution is -0.119. The van der Waals surface area contributed by atoms with Crippen LogP contribution in [0.5, 0.6) is 0 Å². The van der Waals surface area contributed by atoms with Crippen LogP contribution in [0.15, 0.2) is 64.4 Å². The number of nitrogens with zero attached hydrogens (tertiary/aromatic N) is 6. The molecule has 5 aromatic rings. The molecule has 0 bridgehead atoms. The first-order valence-corrected chi connectivity index (χ1v) is 11.5. The van der Waals surface area contributed by atoms with Crippen molar-refractivity contribution < 1.29 is 4.79 Å². The third-order valence-electron chi connectivity index (χ3n) is 5.77. The van der Waals surface area contributed by atoms with E-state index in [1.807, 2.05) is 49.4 Å². The molecule has 0 unspecified atom stereocenters. The van der Waals surface area contributed by atoms with Gasteiger partial charge in [0.1, 0.15) is 6.54 Å². The minimum absolute atomic E-state index is 0.119. The van der Waals surface area contributed by atoms with Gasteiger partial charge in [0.2, 0.25) is 5.91 Å². The quantitative estimate of drug-likeness (QED) is 0.390. The Kier molecular flexibility index (Phi) is 5.37. The SMILES string of the molecule is Cc1ccc2nc(N(Cc3ccccc3)C(=O)Cn3cnc4c3c(=O)n(C)c(=O)n4C)sc2c1. The van der Waals surface area contributed by atoms with Crippen LogP contribution in [-0.2, 0) is 32.0 Å². The van der Waals surface area contributed by atoms with Crippen LogP contribution < -0.4 is 16.1 Å². The molecule has 10 heteroatoms. The van der Waals surface area contributed by atoms with Crippen molar-refractivity contribution in [3.63, 3.8) is 0 Å². The number of aromatic nitrogens is 5. The van der Waals surface area contributed by atoms with Crippen LogP contribution in [0.1, 0.15) is 11.1 Å². The number of imidazole rings is 1. The molecule has 0 aliphatic carbocycles. The van der Waals surface area contributed by atoms with E-state index in [4.69, 9.17) is 4.98 Å². The van der Waals surface area contributed by atoms with Gasteiger partial charge >= 0.3 is 5.69 Å². The summed E-state index contributed by atoms with van der Waals surface area (Å²) in [5.74, 6) is -0.241. The second kappa shape index (κ2) is 8.38. The summed E-state index contributed by atoms with van der Waals surface area (Å²) in [5.41, 5.74) is 2.39. The van der Waals surface area contributed by atoms with Crippen molar-refractivity contribution in [1.82, 2.24) is 23.7 Å². The van der Waals surface area contributed by atoms with Crippen LogP contribution in [0.4, 0.5) is 5.13 Å². The first-order valence-electron chi connectivity index (χ1n) is 10.7. The van der Waals surface area contributed by atoms with Crippen molar-refractivity contribution >= 4 is 43.8 Å². The highest BCUT2D eigenvalue weighted by Gasteiger charge is 2.23. The number of carbonyl (C=O) groups is 1. The molecule has 0 N–H and O–H groups in total.